The quantitative estimate of drug-likeness (QED) is 0.0927. The van der Waals surface area contributed by atoms with Crippen LogP contribution in [-0.4, -0.2) is 52.3 Å². The summed E-state index contributed by atoms with van der Waals surface area (Å²) in [5, 5.41) is 30.0. The molecule has 0 fully saturated rings. The first-order chi connectivity index (χ1) is 28.4. The third-order valence-corrected chi connectivity index (χ3v) is 9.55. The number of aliphatic hydroxyl groups is 2. The number of nitrogens with two attached hydrogens (primary N) is 1. The smallest absolute Gasteiger partial charge is 0.335 e. The van der Waals surface area contributed by atoms with Gasteiger partial charge in [-0.1, -0.05) is 72.8 Å². The van der Waals surface area contributed by atoms with Crippen molar-refractivity contribution in [2.75, 3.05) is 13.2 Å². The van der Waals surface area contributed by atoms with Gasteiger partial charge in [0.1, 0.15) is 11.6 Å². The number of rotatable bonds is 9. The van der Waals surface area contributed by atoms with Gasteiger partial charge in [0.2, 0.25) is 11.9 Å². The standard InChI is InChI=1S/C23H18F2N2O2.C15H10FNO2.C8H10FNO/c24-19-6-2-4-16(10-19)21(13-28)27-23(29)17-5-1-3-14(9-17)15-7-8-18-12-26-22(25)20(18)11-15;16-14-13-7-10(4-5-12(13)8-17-14)9-2-1-3-11(6-9)15(18)19;9-7-3-1-2-6(4-7)8(10)5-11/h1-11,21,28H,12-13H2,(H,27,29);1-7H,8H2,(H,18,19);1-4,8,11H,5,10H2. The van der Waals surface area contributed by atoms with Gasteiger partial charge in [0.15, 0.2) is 0 Å². The number of hydrogen-bond donors (Lipinski definition) is 5. The van der Waals surface area contributed by atoms with E-state index < -0.39 is 41.7 Å². The second-order valence-electron chi connectivity index (χ2n) is 13.5. The Hall–Kier alpha value is -6.80. The number of carboxylic acid groups (broad SMARTS) is 1. The number of aromatic carboxylic acids is 1. The molecule has 2 atom stereocenters. The van der Waals surface area contributed by atoms with Crippen molar-refractivity contribution < 1.29 is 42.5 Å². The highest BCUT2D eigenvalue weighted by Crippen LogP contribution is 2.29. The van der Waals surface area contributed by atoms with Gasteiger partial charge in [-0.25, -0.2) is 13.6 Å². The summed E-state index contributed by atoms with van der Waals surface area (Å²) >= 11 is 0. The minimum atomic E-state index is -0.976. The van der Waals surface area contributed by atoms with Crippen LogP contribution >= 0.6 is 0 Å². The Balaban J connectivity index is 0.000000166. The molecule has 6 aromatic rings. The van der Waals surface area contributed by atoms with Gasteiger partial charge in [-0.15, -0.1) is 0 Å². The number of benzene rings is 6. The minimum absolute atomic E-state index is 0.163. The van der Waals surface area contributed by atoms with Gasteiger partial charge in [0.05, 0.1) is 44.0 Å². The summed E-state index contributed by atoms with van der Waals surface area (Å²) in [6, 6.07) is 34.8. The number of fused-ring (bicyclic) bond motifs is 2. The Morgan fingerprint density at radius 1 is 0.593 bits per heavy atom. The Kier molecular flexibility index (Phi) is 13.5. The van der Waals surface area contributed by atoms with Crippen LogP contribution in [0.4, 0.5) is 17.6 Å². The Morgan fingerprint density at radius 2 is 1.07 bits per heavy atom. The van der Waals surface area contributed by atoms with Gasteiger partial charge in [-0.05, 0) is 105 Å². The van der Waals surface area contributed by atoms with Crippen LogP contribution in [0.5, 0.6) is 0 Å². The number of nitrogens with one attached hydrogen (secondary N) is 1. The zero-order valence-electron chi connectivity index (χ0n) is 31.3. The Morgan fingerprint density at radius 3 is 1.58 bits per heavy atom. The molecule has 0 aliphatic carbocycles. The van der Waals surface area contributed by atoms with Crippen molar-refractivity contribution in [1.29, 1.82) is 0 Å². The van der Waals surface area contributed by atoms with Crippen molar-refractivity contribution in [3.8, 4) is 22.3 Å². The van der Waals surface area contributed by atoms with Gasteiger partial charge in [0.25, 0.3) is 5.91 Å². The van der Waals surface area contributed by atoms with E-state index in [1.54, 1.807) is 66.7 Å². The van der Waals surface area contributed by atoms with E-state index in [4.69, 9.17) is 15.9 Å². The van der Waals surface area contributed by atoms with Gasteiger partial charge >= 0.3 is 5.97 Å². The predicted molar refractivity (Wildman–Crippen MR) is 218 cm³/mol. The number of carbonyl (C=O) groups is 2. The summed E-state index contributed by atoms with van der Waals surface area (Å²) in [5.74, 6) is -3.07. The number of halogens is 4. The minimum Gasteiger partial charge on any atom is -0.478 e. The molecule has 0 radical (unpaired) electrons. The van der Waals surface area contributed by atoms with Crippen molar-refractivity contribution in [3.05, 3.63) is 190 Å². The van der Waals surface area contributed by atoms with Crippen molar-refractivity contribution in [3.63, 3.8) is 0 Å². The summed E-state index contributed by atoms with van der Waals surface area (Å²) in [4.78, 5) is 31.2. The zero-order valence-corrected chi connectivity index (χ0v) is 31.3. The fourth-order valence-corrected chi connectivity index (χ4v) is 6.37. The van der Waals surface area contributed by atoms with E-state index in [9.17, 15) is 32.3 Å². The van der Waals surface area contributed by atoms with E-state index in [2.05, 4.69) is 15.3 Å². The molecule has 0 saturated carbocycles. The number of aliphatic hydroxyl groups excluding tert-OH is 2. The van der Waals surface area contributed by atoms with Crippen LogP contribution in [0.2, 0.25) is 0 Å². The summed E-state index contributed by atoms with van der Waals surface area (Å²) in [7, 11) is 0. The lowest BCUT2D eigenvalue weighted by Gasteiger charge is -2.17. The maximum absolute atomic E-state index is 13.8. The van der Waals surface area contributed by atoms with Crippen LogP contribution in [0.1, 0.15) is 66.2 Å². The van der Waals surface area contributed by atoms with Gasteiger partial charge in [0, 0.05) is 16.7 Å². The number of aliphatic imine (C=N–C) groups is 2. The molecule has 2 unspecified atom stereocenters. The molecular weight excluding hydrogens is 765 g/mol. The molecule has 0 spiro atoms. The van der Waals surface area contributed by atoms with Gasteiger partial charge in [-0.3, -0.25) is 14.8 Å². The number of nitrogens with zero attached hydrogens (tertiary/aromatic N) is 2. The molecule has 2 aliphatic heterocycles. The molecule has 13 heteroatoms. The predicted octanol–water partition coefficient (Wildman–Crippen LogP) is 8.29. The normalized spacial score (nSPS) is 13.3. The van der Waals surface area contributed by atoms with Crippen LogP contribution in [0.25, 0.3) is 22.3 Å². The highest BCUT2D eigenvalue weighted by atomic mass is 19.1. The van der Waals surface area contributed by atoms with E-state index >= 15 is 0 Å². The lowest BCUT2D eigenvalue weighted by molar-refractivity contribution is 0.0696. The average molecular weight is 803 g/mol. The summed E-state index contributed by atoms with van der Waals surface area (Å²) in [6.07, 6.45) is 0. The summed E-state index contributed by atoms with van der Waals surface area (Å²) in [6.45, 7) is 0.185. The first-order valence-electron chi connectivity index (χ1n) is 18.3. The number of carbonyl (C=O) groups excluding carboxylic acids is 1. The zero-order chi connectivity index (χ0) is 42.1. The molecule has 300 valence electrons. The van der Waals surface area contributed by atoms with Crippen LogP contribution in [0.3, 0.4) is 0 Å². The van der Waals surface area contributed by atoms with E-state index in [-0.39, 0.29) is 24.6 Å². The van der Waals surface area contributed by atoms with E-state index in [1.807, 2.05) is 30.3 Å². The molecule has 6 N–H and O–H groups in total. The largest absolute Gasteiger partial charge is 0.478 e. The maximum atomic E-state index is 13.8. The third kappa shape index (κ3) is 10.4. The third-order valence-electron chi connectivity index (χ3n) is 9.55. The van der Waals surface area contributed by atoms with Crippen LogP contribution in [0, 0.1) is 11.6 Å². The molecule has 0 saturated heterocycles. The maximum Gasteiger partial charge on any atom is 0.335 e. The molecule has 6 aromatic carbocycles. The second kappa shape index (κ2) is 19.1. The van der Waals surface area contributed by atoms with Crippen molar-refractivity contribution in [2.24, 2.45) is 15.7 Å². The SMILES string of the molecule is NC(CO)c1cccc(F)c1.O=C(NC(CO)c1cccc(F)c1)c1cccc(-c2ccc3c(c2)C(F)=NC3)c1.O=C(O)c1cccc(-c2ccc3c(c2)C(F)=NC3)c1. The van der Waals surface area contributed by atoms with Crippen LogP contribution in [0.15, 0.2) is 143 Å². The molecule has 0 aromatic heterocycles. The van der Waals surface area contributed by atoms with Gasteiger partial charge in [-0.2, -0.15) is 8.78 Å². The molecule has 0 bridgehead atoms. The first kappa shape index (κ1) is 41.8. The number of carboxylic acids is 1. The molecule has 59 heavy (non-hydrogen) atoms. The van der Waals surface area contributed by atoms with E-state index in [0.29, 0.717) is 40.9 Å². The molecule has 2 aliphatic rings. The second-order valence-corrected chi connectivity index (χ2v) is 13.5. The highest BCUT2D eigenvalue weighted by Gasteiger charge is 2.19. The highest BCUT2D eigenvalue weighted by molar-refractivity contribution is 5.99. The molecule has 9 nitrogen and oxygen atoms in total. The summed E-state index contributed by atoms with van der Waals surface area (Å²) in [5.41, 5.74) is 12.9. The van der Waals surface area contributed by atoms with E-state index in [1.165, 1.54) is 36.4 Å². The number of amides is 1. The monoisotopic (exact) mass is 802 g/mol. The fraction of sp³-hybridized carbons (Fsp3) is 0.130. The fourth-order valence-electron chi connectivity index (χ4n) is 6.37. The molecular formula is C46H38F4N4O5. The van der Waals surface area contributed by atoms with Crippen LogP contribution in [-0.2, 0) is 13.1 Å². The van der Waals surface area contributed by atoms with Crippen LogP contribution < -0.4 is 11.1 Å². The lowest BCUT2D eigenvalue weighted by Crippen LogP contribution is -2.30. The molecule has 2 heterocycles. The Bertz CT molecular complexity index is 2560. The van der Waals surface area contributed by atoms with E-state index in [0.717, 1.165) is 33.4 Å². The summed E-state index contributed by atoms with van der Waals surface area (Å²) < 4.78 is 53.3. The van der Waals surface area contributed by atoms with Crippen molar-refractivity contribution in [2.45, 2.75) is 25.2 Å². The molecule has 1 amide bonds. The average Bonchev–Trinajstić information content (AvgIpc) is 3.83. The lowest BCUT2D eigenvalue weighted by atomic mass is 9.98. The topological polar surface area (TPSA) is 158 Å². The number of hydrogen-bond acceptors (Lipinski definition) is 7. The molecule has 8 rings (SSSR count). The van der Waals surface area contributed by atoms with Crippen molar-refractivity contribution >= 4 is 23.8 Å². The van der Waals surface area contributed by atoms with Gasteiger partial charge < -0.3 is 26.4 Å². The first-order valence-corrected chi connectivity index (χ1v) is 18.3. The van der Waals surface area contributed by atoms with Crippen molar-refractivity contribution in [1.82, 2.24) is 5.32 Å². The Labute approximate surface area is 336 Å².